The maximum atomic E-state index is 13.2. The molecule has 46 heavy (non-hydrogen) atoms. The molecule has 232 valence electrons. The number of hydrogen-bond donors (Lipinski definition) is 1. The number of carbonyl (C=O) groups excluding carboxylic acids is 2. The number of rotatable bonds is 9. The van der Waals surface area contributed by atoms with Crippen molar-refractivity contribution < 1.29 is 14.5 Å². The van der Waals surface area contributed by atoms with E-state index in [1.807, 2.05) is 51.8 Å². The Bertz CT molecular complexity index is 2060. The molecule has 3 aromatic carbocycles. The third kappa shape index (κ3) is 6.24. The van der Waals surface area contributed by atoms with Crippen LogP contribution in [0, 0.1) is 10.1 Å². The molecule has 0 saturated carbocycles. The number of nitrogens with zero attached hydrogens (tertiary/aromatic N) is 6. The number of carbonyl (C=O) groups is 2. The predicted molar refractivity (Wildman–Crippen MR) is 182 cm³/mol. The standard InChI is InChI=1S/C32H27N7O4S3/c40-29(20-44-31-34-35-32-38(31)26-7-3-4-8-28(26)46-32)33-22-11-9-21(10-12-22)30(41)37-17-15-36(16-18-37)19-23-13-14-27(45-23)24-5-1-2-6-25(24)39(42)43/h1-14H,15-20H2,(H,33,40). The maximum absolute atomic E-state index is 13.2. The van der Waals surface area contributed by atoms with Gasteiger partial charge in [0.1, 0.15) is 0 Å². The summed E-state index contributed by atoms with van der Waals surface area (Å²) in [4.78, 5) is 43.9. The van der Waals surface area contributed by atoms with Crippen LogP contribution >= 0.6 is 34.4 Å². The summed E-state index contributed by atoms with van der Waals surface area (Å²) in [7, 11) is 0. The van der Waals surface area contributed by atoms with E-state index in [0.29, 0.717) is 35.1 Å². The quantitative estimate of drug-likeness (QED) is 0.109. The van der Waals surface area contributed by atoms with Gasteiger partial charge in [0, 0.05) is 59.8 Å². The summed E-state index contributed by atoms with van der Waals surface area (Å²) >= 11 is 4.45. The van der Waals surface area contributed by atoms with Gasteiger partial charge in [-0.3, -0.25) is 29.0 Å². The van der Waals surface area contributed by atoms with Crippen LogP contribution in [0.5, 0.6) is 0 Å². The Morgan fingerprint density at radius 2 is 1.65 bits per heavy atom. The van der Waals surface area contributed by atoms with Crippen molar-refractivity contribution in [3.05, 3.63) is 105 Å². The minimum absolute atomic E-state index is 0.0401. The monoisotopic (exact) mass is 669 g/mol. The Hall–Kier alpha value is -4.63. The van der Waals surface area contributed by atoms with Gasteiger partial charge < -0.3 is 10.2 Å². The predicted octanol–water partition coefficient (Wildman–Crippen LogP) is 6.27. The van der Waals surface area contributed by atoms with Crippen LogP contribution in [0.25, 0.3) is 25.6 Å². The van der Waals surface area contributed by atoms with E-state index >= 15 is 0 Å². The highest BCUT2D eigenvalue weighted by molar-refractivity contribution is 7.99. The summed E-state index contributed by atoms with van der Waals surface area (Å²) in [5.74, 6) is -0.0347. The maximum Gasteiger partial charge on any atom is 0.278 e. The molecule has 3 aromatic heterocycles. The highest BCUT2D eigenvalue weighted by Crippen LogP contribution is 2.35. The zero-order chi connectivity index (χ0) is 31.6. The van der Waals surface area contributed by atoms with Crippen molar-refractivity contribution in [3.63, 3.8) is 0 Å². The summed E-state index contributed by atoms with van der Waals surface area (Å²) in [6.07, 6.45) is 0. The topological polar surface area (TPSA) is 126 Å². The van der Waals surface area contributed by atoms with E-state index in [9.17, 15) is 19.7 Å². The molecule has 4 heterocycles. The van der Waals surface area contributed by atoms with Gasteiger partial charge in [-0.25, -0.2) is 0 Å². The number of fused-ring (bicyclic) bond motifs is 3. The molecule has 14 heteroatoms. The molecule has 1 N–H and O–H groups in total. The van der Waals surface area contributed by atoms with Gasteiger partial charge in [0.2, 0.25) is 10.9 Å². The summed E-state index contributed by atoms with van der Waals surface area (Å²) < 4.78 is 3.08. The van der Waals surface area contributed by atoms with Gasteiger partial charge in [-0.15, -0.1) is 21.5 Å². The van der Waals surface area contributed by atoms with E-state index < -0.39 is 0 Å². The normalized spacial score (nSPS) is 13.8. The number of nitro benzene ring substituents is 1. The van der Waals surface area contributed by atoms with E-state index in [2.05, 4.69) is 20.4 Å². The molecule has 0 aliphatic carbocycles. The number of nitro groups is 1. The van der Waals surface area contributed by atoms with Crippen molar-refractivity contribution in [2.45, 2.75) is 11.7 Å². The summed E-state index contributed by atoms with van der Waals surface area (Å²) in [6.45, 7) is 3.40. The second-order valence-corrected chi connectivity index (χ2v) is 13.8. The average Bonchev–Trinajstić information content (AvgIpc) is 3.80. The molecule has 1 fully saturated rings. The lowest BCUT2D eigenvalue weighted by Gasteiger charge is -2.34. The number of nitrogens with one attached hydrogen (secondary N) is 1. The lowest BCUT2D eigenvalue weighted by Crippen LogP contribution is -2.48. The van der Waals surface area contributed by atoms with Crippen LogP contribution in [0.15, 0.2) is 90.1 Å². The second kappa shape index (κ2) is 13.0. The number of thiazole rings is 1. The van der Waals surface area contributed by atoms with Crippen molar-refractivity contribution in [2.75, 3.05) is 37.2 Å². The van der Waals surface area contributed by atoms with Crippen LogP contribution in [-0.2, 0) is 11.3 Å². The number of aromatic nitrogens is 3. The first-order valence-corrected chi connectivity index (χ1v) is 17.1. The number of thioether (sulfide) groups is 1. The lowest BCUT2D eigenvalue weighted by atomic mass is 10.1. The van der Waals surface area contributed by atoms with Gasteiger partial charge in [-0.1, -0.05) is 47.4 Å². The van der Waals surface area contributed by atoms with E-state index in [0.717, 1.165) is 44.6 Å². The molecule has 11 nitrogen and oxygen atoms in total. The summed E-state index contributed by atoms with van der Waals surface area (Å²) in [6, 6.07) is 25.7. The third-order valence-corrected chi connectivity index (χ3v) is 10.8. The Morgan fingerprint density at radius 3 is 2.46 bits per heavy atom. The number of anilines is 1. The molecule has 0 spiro atoms. The first-order valence-electron chi connectivity index (χ1n) is 14.5. The van der Waals surface area contributed by atoms with Crippen LogP contribution in [-0.4, -0.2) is 73.1 Å². The van der Waals surface area contributed by atoms with Gasteiger partial charge >= 0.3 is 0 Å². The van der Waals surface area contributed by atoms with Gasteiger partial charge in [-0.05, 0) is 54.6 Å². The van der Waals surface area contributed by atoms with Crippen LogP contribution in [0.2, 0.25) is 0 Å². The molecule has 2 amide bonds. The number of para-hydroxylation sites is 2. The Morgan fingerprint density at radius 1 is 0.891 bits per heavy atom. The average molecular weight is 670 g/mol. The molecule has 1 saturated heterocycles. The molecular formula is C32H27N7O4S3. The molecule has 1 aliphatic heterocycles. The summed E-state index contributed by atoms with van der Waals surface area (Å²) in [5.41, 5.74) is 2.95. The number of hydrogen-bond acceptors (Lipinski definition) is 10. The van der Waals surface area contributed by atoms with Crippen LogP contribution in [0.1, 0.15) is 15.2 Å². The van der Waals surface area contributed by atoms with Crippen molar-refractivity contribution in [2.24, 2.45) is 0 Å². The third-order valence-electron chi connectivity index (χ3n) is 7.73. The Kier molecular flexibility index (Phi) is 8.49. The first kappa shape index (κ1) is 30.0. The summed E-state index contributed by atoms with van der Waals surface area (Å²) in [5, 5.41) is 23.5. The second-order valence-electron chi connectivity index (χ2n) is 10.7. The molecule has 0 bridgehead atoms. The van der Waals surface area contributed by atoms with Crippen LogP contribution < -0.4 is 5.32 Å². The lowest BCUT2D eigenvalue weighted by molar-refractivity contribution is -0.384. The van der Waals surface area contributed by atoms with Gasteiger partial charge in [0.15, 0.2) is 5.16 Å². The van der Waals surface area contributed by atoms with Crippen LogP contribution in [0.3, 0.4) is 0 Å². The minimum atomic E-state index is -0.348. The zero-order valence-corrected chi connectivity index (χ0v) is 26.8. The first-order chi connectivity index (χ1) is 22.4. The van der Waals surface area contributed by atoms with Crippen molar-refractivity contribution >= 4 is 72.8 Å². The van der Waals surface area contributed by atoms with Crippen molar-refractivity contribution in [3.8, 4) is 10.4 Å². The molecule has 7 rings (SSSR count). The highest BCUT2D eigenvalue weighted by Gasteiger charge is 2.23. The molecule has 0 radical (unpaired) electrons. The molecule has 1 aliphatic rings. The van der Waals surface area contributed by atoms with Crippen molar-refractivity contribution in [1.82, 2.24) is 24.4 Å². The Labute approximate surface area is 275 Å². The molecule has 0 unspecified atom stereocenters. The molecule has 6 aromatic rings. The Balaban J connectivity index is 0.895. The smallest absolute Gasteiger partial charge is 0.278 e. The fourth-order valence-electron chi connectivity index (χ4n) is 5.43. The minimum Gasteiger partial charge on any atom is -0.336 e. The zero-order valence-electron chi connectivity index (χ0n) is 24.4. The van der Waals surface area contributed by atoms with E-state index in [-0.39, 0.29) is 28.2 Å². The van der Waals surface area contributed by atoms with Gasteiger partial charge in [0.25, 0.3) is 11.6 Å². The van der Waals surface area contributed by atoms with Gasteiger partial charge in [-0.2, -0.15) is 0 Å². The SMILES string of the molecule is O=C(CSc1nnc2sc3ccccc3n12)Nc1ccc(C(=O)N2CCN(Cc3ccc(-c4ccccc4[N+](=O)[O-])s3)CC2)cc1. The van der Waals surface area contributed by atoms with Crippen LogP contribution in [0.4, 0.5) is 11.4 Å². The van der Waals surface area contributed by atoms with E-state index in [4.69, 9.17) is 0 Å². The number of piperazine rings is 1. The molecule has 0 atom stereocenters. The van der Waals surface area contributed by atoms with Gasteiger partial charge in [0.05, 0.1) is 26.5 Å². The number of thiophene rings is 1. The van der Waals surface area contributed by atoms with E-state index in [1.165, 1.54) is 17.8 Å². The molecular weight excluding hydrogens is 643 g/mol. The van der Waals surface area contributed by atoms with Crippen molar-refractivity contribution in [1.29, 1.82) is 0 Å². The number of amides is 2. The fraction of sp³-hybridized carbons (Fsp3) is 0.188. The largest absolute Gasteiger partial charge is 0.336 e. The fourth-order valence-corrected chi connectivity index (χ4v) is 8.29. The number of benzene rings is 3. The van der Waals surface area contributed by atoms with E-state index in [1.54, 1.807) is 59.1 Å². The highest BCUT2D eigenvalue weighted by atomic mass is 32.2.